The van der Waals surface area contributed by atoms with Gasteiger partial charge < -0.3 is 9.30 Å². The standard InChI is InChI=1S/C26H21FN6O2S/c1-33-21-6-4-3-5-20(21)29-23(33)17-12-18(17)25-31-32-26(36-25)30-24(34)15-9-10-28-13-19(15)16-11-14(27)7-8-22(16)35-2/h3-11,13,17-18H,12H2,1-2H3,(H,30,32,34)/t17-,18?/m1/s1. The fourth-order valence-corrected chi connectivity index (χ4v) is 5.46. The lowest BCUT2D eigenvalue weighted by Crippen LogP contribution is -2.13. The highest BCUT2D eigenvalue weighted by atomic mass is 32.1. The lowest BCUT2D eigenvalue weighted by molar-refractivity contribution is 0.102. The van der Waals surface area contributed by atoms with Gasteiger partial charge in [-0.15, -0.1) is 10.2 Å². The van der Waals surface area contributed by atoms with Gasteiger partial charge in [-0.1, -0.05) is 23.5 Å². The largest absolute Gasteiger partial charge is 0.496 e. The number of aryl methyl sites for hydroxylation is 1. The van der Waals surface area contributed by atoms with E-state index >= 15 is 0 Å². The number of ether oxygens (including phenoxy) is 1. The van der Waals surface area contributed by atoms with Gasteiger partial charge in [0.15, 0.2) is 0 Å². The van der Waals surface area contributed by atoms with Gasteiger partial charge in [0.2, 0.25) is 5.13 Å². The van der Waals surface area contributed by atoms with Crippen LogP contribution in [0.2, 0.25) is 0 Å². The Morgan fingerprint density at radius 3 is 2.83 bits per heavy atom. The van der Waals surface area contributed by atoms with Gasteiger partial charge >= 0.3 is 0 Å². The molecule has 1 unspecified atom stereocenters. The maximum atomic E-state index is 14.0. The number of carbonyl (C=O) groups is 1. The van der Waals surface area contributed by atoms with E-state index in [4.69, 9.17) is 9.72 Å². The molecule has 1 fully saturated rings. The molecule has 2 aromatic carbocycles. The number of nitrogens with one attached hydrogen (secondary N) is 1. The number of para-hydroxylation sites is 2. The second-order valence-corrected chi connectivity index (χ2v) is 9.64. The van der Waals surface area contributed by atoms with E-state index in [2.05, 4.69) is 31.1 Å². The van der Waals surface area contributed by atoms with E-state index in [1.807, 2.05) is 25.2 Å². The first kappa shape index (κ1) is 22.3. The molecule has 1 aliphatic carbocycles. The van der Waals surface area contributed by atoms with E-state index in [0.29, 0.717) is 27.6 Å². The molecule has 10 heteroatoms. The topological polar surface area (TPSA) is 94.8 Å². The fraction of sp³-hybridized carbons (Fsp3) is 0.192. The molecule has 0 aliphatic heterocycles. The summed E-state index contributed by atoms with van der Waals surface area (Å²) >= 11 is 1.36. The molecule has 3 heterocycles. The summed E-state index contributed by atoms with van der Waals surface area (Å²) in [4.78, 5) is 22.1. The van der Waals surface area contributed by atoms with Crippen LogP contribution in [0.5, 0.6) is 5.75 Å². The predicted molar refractivity (Wildman–Crippen MR) is 135 cm³/mol. The van der Waals surface area contributed by atoms with Crippen molar-refractivity contribution in [1.82, 2.24) is 24.7 Å². The molecule has 0 radical (unpaired) electrons. The molecule has 0 spiro atoms. The summed E-state index contributed by atoms with van der Waals surface area (Å²) in [5.41, 5.74) is 3.31. The number of benzene rings is 2. The summed E-state index contributed by atoms with van der Waals surface area (Å²) in [6.45, 7) is 0. The zero-order valence-corrected chi connectivity index (χ0v) is 20.3. The first-order valence-corrected chi connectivity index (χ1v) is 12.2. The van der Waals surface area contributed by atoms with E-state index in [0.717, 1.165) is 28.3 Å². The number of fused-ring (bicyclic) bond motifs is 1. The Morgan fingerprint density at radius 2 is 2.00 bits per heavy atom. The molecule has 180 valence electrons. The number of carbonyl (C=O) groups excluding carboxylic acids is 1. The number of aromatic nitrogens is 5. The third kappa shape index (κ3) is 3.89. The molecular formula is C26H21FN6O2S. The van der Waals surface area contributed by atoms with Gasteiger partial charge in [-0.25, -0.2) is 9.37 Å². The zero-order valence-electron chi connectivity index (χ0n) is 19.5. The Bertz CT molecular complexity index is 1610. The SMILES string of the molecule is COc1ccc(F)cc1-c1cnccc1C(=O)Nc1nnc(C2C[C@H]2c2nc3ccccc3n2C)s1. The monoisotopic (exact) mass is 500 g/mol. The third-order valence-corrected chi connectivity index (χ3v) is 7.41. The lowest BCUT2D eigenvalue weighted by Gasteiger charge is -2.12. The maximum Gasteiger partial charge on any atom is 0.258 e. The summed E-state index contributed by atoms with van der Waals surface area (Å²) in [5.74, 6) is 1.15. The molecule has 2 atom stereocenters. The minimum atomic E-state index is -0.436. The van der Waals surface area contributed by atoms with Crippen LogP contribution < -0.4 is 10.1 Å². The van der Waals surface area contributed by atoms with Gasteiger partial charge in [0.25, 0.3) is 5.91 Å². The summed E-state index contributed by atoms with van der Waals surface area (Å²) < 4.78 is 21.5. The van der Waals surface area contributed by atoms with Crippen LogP contribution in [-0.2, 0) is 7.05 Å². The molecule has 8 nitrogen and oxygen atoms in total. The van der Waals surface area contributed by atoms with Crippen molar-refractivity contribution in [3.05, 3.63) is 83.1 Å². The van der Waals surface area contributed by atoms with Gasteiger partial charge in [0.05, 0.1) is 23.7 Å². The quantitative estimate of drug-likeness (QED) is 0.346. The van der Waals surface area contributed by atoms with Crippen molar-refractivity contribution in [2.75, 3.05) is 12.4 Å². The molecule has 1 N–H and O–H groups in total. The van der Waals surface area contributed by atoms with Gasteiger partial charge in [-0.3, -0.25) is 15.1 Å². The molecule has 1 aliphatic rings. The van der Waals surface area contributed by atoms with Crippen molar-refractivity contribution >= 4 is 33.4 Å². The Hall–Kier alpha value is -4.18. The van der Waals surface area contributed by atoms with Crippen molar-refractivity contribution in [1.29, 1.82) is 0 Å². The van der Waals surface area contributed by atoms with Crippen molar-refractivity contribution in [3.63, 3.8) is 0 Å². The van der Waals surface area contributed by atoms with Crippen LogP contribution in [0.4, 0.5) is 9.52 Å². The predicted octanol–water partition coefficient (Wildman–Crippen LogP) is 5.16. The lowest BCUT2D eigenvalue weighted by atomic mass is 10.0. The summed E-state index contributed by atoms with van der Waals surface area (Å²) in [6, 6.07) is 13.8. The van der Waals surface area contributed by atoms with Crippen LogP contribution in [0.25, 0.3) is 22.2 Å². The number of pyridine rings is 1. The maximum absolute atomic E-state index is 14.0. The molecule has 0 bridgehead atoms. The molecular weight excluding hydrogens is 479 g/mol. The van der Waals surface area contributed by atoms with Crippen molar-refractivity contribution in [2.24, 2.45) is 7.05 Å². The molecule has 0 saturated heterocycles. The number of methoxy groups -OCH3 is 1. The minimum Gasteiger partial charge on any atom is -0.496 e. The highest BCUT2D eigenvalue weighted by Crippen LogP contribution is 2.55. The number of hydrogen-bond acceptors (Lipinski definition) is 7. The molecule has 3 aromatic heterocycles. The summed E-state index contributed by atoms with van der Waals surface area (Å²) in [7, 11) is 3.53. The van der Waals surface area contributed by atoms with Crippen LogP contribution in [0.15, 0.2) is 60.9 Å². The van der Waals surface area contributed by atoms with Crippen LogP contribution in [0.3, 0.4) is 0 Å². The Labute approximate surface area is 209 Å². The number of rotatable bonds is 6. The van der Waals surface area contributed by atoms with Crippen molar-refractivity contribution in [2.45, 2.75) is 18.3 Å². The van der Waals surface area contributed by atoms with Crippen LogP contribution in [-0.4, -0.2) is 37.7 Å². The Balaban J connectivity index is 1.22. The molecule has 36 heavy (non-hydrogen) atoms. The highest BCUT2D eigenvalue weighted by Gasteiger charge is 2.45. The molecule has 1 saturated carbocycles. The van der Waals surface area contributed by atoms with Gasteiger partial charge in [0.1, 0.15) is 22.4 Å². The summed E-state index contributed by atoms with van der Waals surface area (Å²) in [5, 5.41) is 12.6. The normalized spacial score (nSPS) is 16.8. The first-order chi connectivity index (χ1) is 17.5. The Morgan fingerprint density at radius 1 is 1.14 bits per heavy atom. The number of amides is 1. The number of nitrogens with zero attached hydrogens (tertiary/aromatic N) is 5. The van der Waals surface area contributed by atoms with Crippen LogP contribution >= 0.6 is 11.3 Å². The Kier molecular flexibility index (Phi) is 5.45. The van der Waals surface area contributed by atoms with E-state index in [-0.39, 0.29) is 17.7 Å². The molecule has 1 amide bonds. The first-order valence-electron chi connectivity index (χ1n) is 11.4. The number of halogens is 1. The second kappa shape index (κ2) is 8.80. The fourth-order valence-electron chi connectivity index (χ4n) is 4.55. The molecule has 6 rings (SSSR count). The summed E-state index contributed by atoms with van der Waals surface area (Å²) in [6.07, 6.45) is 3.97. The van der Waals surface area contributed by atoms with Crippen molar-refractivity contribution in [3.8, 4) is 16.9 Å². The highest BCUT2D eigenvalue weighted by molar-refractivity contribution is 7.15. The zero-order chi connectivity index (χ0) is 24.8. The average molecular weight is 501 g/mol. The smallest absolute Gasteiger partial charge is 0.258 e. The van der Waals surface area contributed by atoms with E-state index in [9.17, 15) is 9.18 Å². The van der Waals surface area contributed by atoms with Gasteiger partial charge in [0, 0.05) is 42.4 Å². The van der Waals surface area contributed by atoms with Crippen molar-refractivity contribution < 1.29 is 13.9 Å². The van der Waals surface area contributed by atoms with E-state index in [1.165, 1.54) is 49.0 Å². The average Bonchev–Trinajstić information content (AvgIpc) is 3.43. The third-order valence-electron chi connectivity index (χ3n) is 6.44. The van der Waals surface area contributed by atoms with Gasteiger partial charge in [-0.2, -0.15) is 0 Å². The van der Waals surface area contributed by atoms with Gasteiger partial charge in [-0.05, 0) is 42.8 Å². The number of hydrogen-bond donors (Lipinski definition) is 1. The number of imidazole rings is 1. The van der Waals surface area contributed by atoms with Crippen LogP contribution in [0, 0.1) is 5.82 Å². The van der Waals surface area contributed by atoms with Crippen LogP contribution in [0.1, 0.15) is 39.4 Å². The minimum absolute atomic E-state index is 0.219. The van der Waals surface area contributed by atoms with E-state index < -0.39 is 5.82 Å². The number of anilines is 1. The second-order valence-electron chi connectivity index (χ2n) is 8.63. The van der Waals surface area contributed by atoms with E-state index in [1.54, 1.807) is 6.07 Å². The molecule has 5 aromatic rings.